The van der Waals surface area contributed by atoms with E-state index in [9.17, 15) is 9.59 Å². The third-order valence-corrected chi connectivity index (χ3v) is 7.64. The van der Waals surface area contributed by atoms with Gasteiger partial charge in [-0.2, -0.15) is 10.2 Å². The molecule has 0 saturated carbocycles. The summed E-state index contributed by atoms with van der Waals surface area (Å²) in [4.78, 5) is 27.1. The summed E-state index contributed by atoms with van der Waals surface area (Å²) in [5.74, 6) is 0.208. The Bertz CT molecular complexity index is 1440. The first-order chi connectivity index (χ1) is 18.0. The van der Waals surface area contributed by atoms with Gasteiger partial charge in [0, 0.05) is 12.1 Å². The van der Waals surface area contributed by atoms with Gasteiger partial charge >= 0.3 is 0 Å². The maximum absolute atomic E-state index is 12.7. The summed E-state index contributed by atoms with van der Waals surface area (Å²) in [7, 11) is 0. The number of rotatable bonds is 7. The number of aromatic nitrogens is 2. The molecule has 0 spiro atoms. The van der Waals surface area contributed by atoms with Crippen LogP contribution in [-0.4, -0.2) is 38.5 Å². The zero-order chi connectivity index (χ0) is 25.8. The number of nitrogens with one attached hydrogen (secondary N) is 1. The highest BCUT2D eigenvalue weighted by Gasteiger charge is 2.32. The van der Waals surface area contributed by atoms with Crippen LogP contribution in [0.15, 0.2) is 90.0 Å². The molecule has 1 saturated heterocycles. The lowest BCUT2D eigenvalue weighted by atomic mass is 10.1. The summed E-state index contributed by atoms with van der Waals surface area (Å²) in [6, 6.07) is 26.8. The van der Waals surface area contributed by atoms with Gasteiger partial charge in [0.1, 0.15) is 5.37 Å². The van der Waals surface area contributed by atoms with E-state index in [1.54, 1.807) is 28.6 Å². The van der Waals surface area contributed by atoms with Gasteiger partial charge in [0.05, 0.1) is 28.9 Å². The Balaban J connectivity index is 1.24. The van der Waals surface area contributed by atoms with Gasteiger partial charge in [0.25, 0.3) is 5.91 Å². The number of nitrogens with zero attached hydrogens (tertiary/aromatic N) is 4. The van der Waals surface area contributed by atoms with Crippen LogP contribution in [0.2, 0.25) is 5.15 Å². The first-order valence-corrected chi connectivity index (χ1v) is 13.1. The van der Waals surface area contributed by atoms with Crippen LogP contribution in [0, 0.1) is 6.92 Å². The smallest absolute Gasteiger partial charge is 0.271 e. The molecule has 1 atom stereocenters. The minimum atomic E-state index is -0.344. The van der Waals surface area contributed by atoms with Gasteiger partial charge in [0.2, 0.25) is 5.91 Å². The molecule has 5 rings (SSSR count). The minimum absolute atomic E-state index is 0.0888. The van der Waals surface area contributed by atoms with Crippen molar-refractivity contribution in [1.82, 2.24) is 20.1 Å². The summed E-state index contributed by atoms with van der Waals surface area (Å²) in [5, 5.41) is 8.68. The molecule has 2 amide bonds. The first kappa shape index (κ1) is 24.8. The molecule has 186 valence electrons. The molecule has 1 aliphatic rings. The topological polar surface area (TPSA) is 79.6 Å². The number of halogens is 1. The average molecular weight is 530 g/mol. The van der Waals surface area contributed by atoms with Crippen LogP contribution in [-0.2, 0) is 11.3 Å². The van der Waals surface area contributed by atoms with Crippen molar-refractivity contribution < 1.29 is 9.59 Å². The van der Waals surface area contributed by atoms with E-state index in [1.807, 2.05) is 84.6 Å². The van der Waals surface area contributed by atoms with Crippen molar-refractivity contribution in [3.63, 3.8) is 0 Å². The van der Waals surface area contributed by atoms with Crippen LogP contribution in [0.25, 0.3) is 5.69 Å². The van der Waals surface area contributed by atoms with Crippen LogP contribution in [0.4, 0.5) is 0 Å². The van der Waals surface area contributed by atoms with E-state index in [0.717, 1.165) is 22.5 Å². The molecule has 9 heteroatoms. The predicted octanol–water partition coefficient (Wildman–Crippen LogP) is 5.37. The number of hydrazone groups is 1. The highest BCUT2D eigenvalue weighted by Crippen LogP contribution is 2.39. The highest BCUT2D eigenvalue weighted by atomic mass is 35.5. The molecule has 1 aliphatic heterocycles. The number of carbonyl (C=O) groups excluding carboxylic acids is 2. The summed E-state index contributed by atoms with van der Waals surface area (Å²) in [5.41, 5.74) is 7.40. The Labute approximate surface area is 224 Å². The van der Waals surface area contributed by atoms with Gasteiger partial charge in [-0.15, -0.1) is 11.8 Å². The van der Waals surface area contributed by atoms with Crippen LogP contribution >= 0.6 is 23.4 Å². The van der Waals surface area contributed by atoms with E-state index in [2.05, 4.69) is 15.6 Å². The molecular formula is C28H24ClN5O2S. The number of para-hydroxylation sites is 1. The largest absolute Gasteiger partial charge is 0.322 e. The third-order valence-electron chi connectivity index (χ3n) is 6.10. The molecule has 7 nitrogen and oxygen atoms in total. The molecule has 3 aromatic carbocycles. The first-order valence-electron chi connectivity index (χ1n) is 11.7. The summed E-state index contributed by atoms with van der Waals surface area (Å²) in [6.45, 7) is 2.44. The van der Waals surface area contributed by atoms with E-state index < -0.39 is 0 Å². The number of hydrogen-bond donors (Lipinski definition) is 1. The second-order valence-electron chi connectivity index (χ2n) is 8.53. The molecule has 37 heavy (non-hydrogen) atoms. The number of amides is 2. The molecule has 2 heterocycles. The quantitative estimate of drug-likeness (QED) is 0.258. The van der Waals surface area contributed by atoms with Crippen molar-refractivity contribution in [2.45, 2.75) is 18.8 Å². The van der Waals surface area contributed by atoms with Crippen LogP contribution in [0.1, 0.15) is 38.1 Å². The van der Waals surface area contributed by atoms with E-state index in [0.29, 0.717) is 28.6 Å². The fraction of sp³-hybridized carbons (Fsp3) is 0.143. The Kier molecular flexibility index (Phi) is 7.39. The van der Waals surface area contributed by atoms with Gasteiger partial charge in [-0.1, -0.05) is 72.3 Å². The van der Waals surface area contributed by atoms with E-state index in [4.69, 9.17) is 11.6 Å². The van der Waals surface area contributed by atoms with Crippen LogP contribution < -0.4 is 5.43 Å². The molecule has 1 fully saturated rings. The van der Waals surface area contributed by atoms with Crippen molar-refractivity contribution in [1.29, 1.82) is 0 Å². The van der Waals surface area contributed by atoms with Crippen LogP contribution in [0.3, 0.4) is 0 Å². The molecule has 1 aromatic heterocycles. The zero-order valence-electron chi connectivity index (χ0n) is 20.0. The van der Waals surface area contributed by atoms with Gasteiger partial charge in [-0.25, -0.2) is 10.1 Å². The van der Waals surface area contributed by atoms with E-state index >= 15 is 0 Å². The van der Waals surface area contributed by atoms with Gasteiger partial charge in [-0.05, 0) is 42.3 Å². The van der Waals surface area contributed by atoms with E-state index in [1.165, 1.54) is 6.21 Å². The monoisotopic (exact) mass is 529 g/mol. The lowest BCUT2D eigenvalue weighted by Crippen LogP contribution is -2.27. The van der Waals surface area contributed by atoms with Crippen LogP contribution in [0.5, 0.6) is 0 Å². The number of thioether (sulfide) groups is 1. The normalized spacial score (nSPS) is 15.5. The Hall–Kier alpha value is -3.88. The molecule has 1 N–H and O–H groups in total. The zero-order valence-corrected chi connectivity index (χ0v) is 21.6. The summed E-state index contributed by atoms with van der Waals surface area (Å²) < 4.78 is 1.73. The predicted molar refractivity (Wildman–Crippen MR) is 147 cm³/mol. The highest BCUT2D eigenvalue weighted by molar-refractivity contribution is 8.00. The maximum Gasteiger partial charge on any atom is 0.271 e. The van der Waals surface area contributed by atoms with Crippen molar-refractivity contribution >= 4 is 41.4 Å². The van der Waals surface area contributed by atoms with Crippen molar-refractivity contribution in [2.24, 2.45) is 5.10 Å². The Morgan fingerprint density at radius 1 is 1.08 bits per heavy atom. The Morgan fingerprint density at radius 3 is 2.46 bits per heavy atom. The fourth-order valence-corrected chi connectivity index (χ4v) is 5.60. The minimum Gasteiger partial charge on any atom is -0.322 e. The second-order valence-corrected chi connectivity index (χ2v) is 9.96. The lowest BCUT2D eigenvalue weighted by Gasteiger charge is -2.24. The van der Waals surface area contributed by atoms with Gasteiger partial charge in [-0.3, -0.25) is 9.59 Å². The molecule has 0 unspecified atom stereocenters. The average Bonchev–Trinajstić information content (AvgIpc) is 3.43. The summed E-state index contributed by atoms with van der Waals surface area (Å²) >= 11 is 7.91. The molecule has 0 aliphatic carbocycles. The SMILES string of the molecule is Cc1c(/C=N\NC(=O)c2ccc([C@H]3SCC(=O)N3Cc3ccccc3)cc2)c(Cl)nn1-c1ccccc1. The third kappa shape index (κ3) is 5.45. The molecular weight excluding hydrogens is 506 g/mol. The lowest BCUT2D eigenvalue weighted by molar-refractivity contribution is -0.128. The fourth-order valence-electron chi connectivity index (χ4n) is 4.15. The summed E-state index contributed by atoms with van der Waals surface area (Å²) in [6.07, 6.45) is 1.50. The second kappa shape index (κ2) is 11.0. The molecule has 0 radical (unpaired) electrons. The number of carbonyl (C=O) groups is 2. The van der Waals surface area contributed by atoms with Gasteiger partial charge in [0.15, 0.2) is 5.15 Å². The maximum atomic E-state index is 12.7. The number of benzene rings is 3. The van der Waals surface area contributed by atoms with Crippen molar-refractivity contribution in [3.05, 3.63) is 118 Å². The molecule has 0 bridgehead atoms. The van der Waals surface area contributed by atoms with Crippen molar-refractivity contribution in [2.75, 3.05) is 5.75 Å². The standard InChI is InChI=1S/C28H24ClN5O2S/c1-19-24(26(29)32-34(19)23-10-6-3-7-11-23)16-30-31-27(36)21-12-14-22(15-13-21)28-33(25(35)18-37-28)17-20-8-4-2-5-9-20/h2-16,28H,17-18H2,1H3,(H,31,36)/b30-16-/t28-/m1/s1. The van der Waals surface area contributed by atoms with Gasteiger partial charge < -0.3 is 4.90 Å². The van der Waals surface area contributed by atoms with Crippen molar-refractivity contribution in [3.8, 4) is 5.69 Å². The molecule has 4 aromatic rings. The van der Waals surface area contributed by atoms with E-state index in [-0.39, 0.29) is 17.2 Å². The number of hydrogen-bond acceptors (Lipinski definition) is 5. The Morgan fingerprint density at radius 2 is 1.76 bits per heavy atom.